The molecule has 0 radical (unpaired) electrons. The Balaban J connectivity index is 2.55. The number of aromatic nitrogens is 2. The van der Waals surface area contributed by atoms with Crippen molar-refractivity contribution in [3.05, 3.63) is 44.3 Å². The molecular weight excluding hydrogens is 258 g/mol. The van der Waals surface area contributed by atoms with E-state index in [-0.39, 0.29) is 23.8 Å². The summed E-state index contributed by atoms with van der Waals surface area (Å²) in [4.78, 5) is 23.8. The molecule has 98 valence electrons. The van der Waals surface area contributed by atoms with Crippen LogP contribution in [0.3, 0.4) is 0 Å². The van der Waals surface area contributed by atoms with Gasteiger partial charge in [-0.15, -0.1) is 0 Å². The SMILES string of the molecule is NCc1nc(-c2cc([N+](=O)[O-])cc([N+](=O)[O-])c2)no1. The standard InChI is InChI=1S/C9H7N5O5/c10-4-8-11-9(12-19-8)5-1-6(13(15)16)3-7(2-5)14(17)18/h1-3H,4,10H2. The Kier molecular flexibility index (Phi) is 3.16. The Morgan fingerprint density at radius 1 is 1.16 bits per heavy atom. The number of nitro benzene ring substituents is 2. The fourth-order valence-electron chi connectivity index (χ4n) is 1.39. The highest BCUT2D eigenvalue weighted by molar-refractivity contribution is 5.63. The molecule has 0 bridgehead atoms. The van der Waals surface area contributed by atoms with Crippen LogP contribution in [0, 0.1) is 20.2 Å². The highest BCUT2D eigenvalue weighted by atomic mass is 16.6. The first-order chi connectivity index (χ1) is 9.01. The van der Waals surface area contributed by atoms with Crippen molar-refractivity contribution in [3.8, 4) is 11.4 Å². The first-order valence-corrected chi connectivity index (χ1v) is 4.98. The number of nitrogens with two attached hydrogens (primary N) is 1. The minimum Gasteiger partial charge on any atom is -0.338 e. The number of nitro groups is 2. The summed E-state index contributed by atoms with van der Waals surface area (Å²) in [6.07, 6.45) is 0. The molecule has 1 heterocycles. The van der Waals surface area contributed by atoms with Crippen molar-refractivity contribution in [1.82, 2.24) is 10.1 Å². The largest absolute Gasteiger partial charge is 0.338 e. The molecule has 10 nitrogen and oxygen atoms in total. The Labute approximate surface area is 105 Å². The Hall–Kier alpha value is -2.88. The number of rotatable bonds is 4. The maximum absolute atomic E-state index is 10.7. The molecule has 0 atom stereocenters. The third-order valence-corrected chi connectivity index (χ3v) is 2.23. The van der Waals surface area contributed by atoms with E-state index in [0.717, 1.165) is 18.2 Å². The summed E-state index contributed by atoms with van der Waals surface area (Å²) in [6, 6.07) is 3.10. The van der Waals surface area contributed by atoms with Crippen LogP contribution in [0.15, 0.2) is 22.7 Å². The lowest BCUT2D eigenvalue weighted by atomic mass is 10.1. The zero-order valence-corrected chi connectivity index (χ0v) is 9.35. The van der Waals surface area contributed by atoms with Gasteiger partial charge in [0.1, 0.15) is 0 Å². The zero-order valence-electron chi connectivity index (χ0n) is 9.35. The maximum atomic E-state index is 10.7. The molecule has 0 spiro atoms. The lowest BCUT2D eigenvalue weighted by Gasteiger charge is -1.96. The summed E-state index contributed by atoms with van der Waals surface area (Å²) in [7, 11) is 0. The predicted octanol–water partition coefficient (Wildman–Crippen LogP) is 1.01. The molecule has 0 saturated heterocycles. The monoisotopic (exact) mass is 265 g/mol. The van der Waals surface area contributed by atoms with E-state index in [0.29, 0.717) is 0 Å². The van der Waals surface area contributed by atoms with Gasteiger partial charge in [-0.2, -0.15) is 4.98 Å². The molecule has 10 heteroatoms. The Morgan fingerprint density at radius 2 is 1.74 bits per heavy atom. The summed E-state index contributed by atoms with van der Waals surface area (Å²) >= 11 is 0. The normalized spacial score (nSPS) is 10.4. The van der Waals surface area contributed by atoms with Crippen LogP contribution < -0.4 is 5.73 Å². The van der Waals surface area contributed by atoms with Crippen LogP contribution in [-0.2, 0) is 6.54 Å². The van der Waals surface area contributed by atoms with Crippen molar-refractivity contribution in [3.63, 3.8) is 0 Å². The molecule has 1 aromatic carbocycles. The van der Waals surface area contributed by atoms with Gasteiger partial charge in [0, 0.05) is 17.7 Å². The average molecular weight is 265 g/mol. The van der Waals surface area contributed by atoms with E-state index in [1.54, 1.807) is 0 Å². The van der Waals surface area contributed by atoms with Crippen LogP contribution in [0.1, 0.15) is 5.89 Å². The van der Waals surface area contributed by atoms with Gasteiger partial charge in [-0.3, -0.25) is 20.2 Å². The second kappa shape index (κ2) is 4.78. The molecule has 0 saturated carbocycles. The number of non-ortho nitro benzene ring substituents is 2. The van der Waals surface area contributed by atoms with E-state index in [1.807, 2.05) is 0 Å². The van der Waals surface area contributed by atoms with Gasteiger partial charge in [0.05, 0.1) is 22.5 Å². The smallest absolute Gasteiger partial charge is 0.277 e. The average Bonchev–Trinajstić information content (AvgIpc) is 2.86. The van der Waals surface area contributed by atoms with Crippen LogP contribution in [0.25, 0.3) is 11.4 Å². The van der Waals surface area contributed by atoms with Crippen LogP contribution in [0.4, 0.5) is 11.4 Å². The second-order valence-corrected chi connectivity index (χ2v) is 3.47. The topological polar surface area (TPSA) is 151 Å². The van der Waals surface area contributed by atoms with E-state index in [9.17, 15) is 20.2 Å². The van der Waals surface area contributed by atoms with Gasteiger partial charge in [-0.1, -0.05) is 5.16 Å². The van der Waals surface area contributed by atoms with Crippen LogP contribution in [0.2, 0.25) is 0 Å². The number of benzene rings is 1. The molecule has 0 fully saturated rings. The highest BCUT2D eigenvalue weighted by Gasteiger charge is 2.19. The fourth-order valence-corrected chi connectivity index (χ4v) is 1.39. The van der Waals surface area contributed by atoms with Crippen molar-refractivity contribution >= 4 is 11.4 Å². The zero-order chi connectivity index (χ0) is 14.0. The summed E-state index contributed by atoms with van der Waals surface area (Å²) in [5, 5.41) is 25.0. The lowest BCUT2D eigenvalue weighted by Crippen LogP contribution is -1.96. The molecule has 19 heavy (non-hydrogen) atoms. The van der Waals surface area contributed by atoms with Crippen LogP contribution in [-0.4, -0.2) is 20.0 Å². The first kappa shape index (κ1) is 12.6. The minimum absolute atomic E-state index is 0.00399. The Morgan fingerprint density at radius 3 is 2.16 bits per heavy atom. The summed E-state index contributed by atoms with van der Waals surface area (Å²) in [5.41, 5.74) is 4.54. The van der Waals surface area contributed by atoms with Crippen molar-refractivity contribution in [1.29, 1.82) is 0 Å². The molecule has 1 aromatic heterocycles. The first-order valence-electron chi connectivity index (χ1n) is 4.98. The van der Waals surface area contributed by atoms with E-state index >= 15 is 0 Å². The molecular formula is C9H7N5O5. The molecule has 0 aliphatic rings. The molecule has 2 aromatic rings. The van der Waals surface area contributed by atoms with Crippen molar-refractivity contribution < 1.29 is 14.4 Å². The summed E-state index contributed by atoms with van der Waals surface area (Å²) in [5.74, 6) is 0.136. The molecule has 2 rings (SSSR count). The van der Waals surface area contributed by atoms with Gasteiger partial charge >= 0.3 is 0 Å². The van der Waals surface area contributed by atoms with E-state index in [4.69, 9.17) is 10.3 Å². The summed E-state index contributed by atoms with van der Waals surface area (Å²) in [6.45, 7) is 0.00399. The highest BCUT2D eigenvalue weighted by Crippen LogP contribution is 2.27. The third-order valence-electron chi connectivity index (χ3n) is 2.23. The molecule has 0 aliphatic heterocycles. The van der Waals surface area contributed by atoms with Crippen molar-refractivity contribution in [2.24, 2.45) is 5.73 Å². The number of hydrogen-bond acceptors (Lipinski definition) is 8. The quantitative estimate of drug-likeness (QED) is 0.634. The van der Waals surface area contributed by atoms with E-state index in [2.05, 4.69) is 10.1 Å². The molecule has 2 N–H and O–H groups in total. The van der Waals surface area contributed by atoms with E-state index < -0.39 is 21.2 Å². The van der Waals surface area contributed by atoms with Crippen molar-refractivity contribution in [2.75, 3.05) is 0 Å². The van der Waals surface area contributed by atoms with Gasteiger partial charge in [0.15, 0.2) is 0 Å². The van der Waals surface area contributed by atoms with Crippen LogP contribution >= 0.6 is 0 Å². The van der Waals surface area contributed by atoms with Gasteiger partial charge in [0.25, 0.3) is 11.4 Å². The van der Waals surface area contributed by atoms with Crippen molar-refractivity contribution in [2.45, 2.75) is 6.54 Å². The lowest BCUT2D eigenvalue weighted by molar-refractivity contribution is -0.394. The number of hydrogen-bond donors (Lipinski definition) is 1. The van der Waals surface area contributed by atoms with Gasteiger partial charge in [0.2, 0.25) is 11.7 Å². The second-order valence-electron chi connectivity index (χ2n) is 3.47. The number of nitrogens with zero attached hydrogens (tertiary/aromatic N) is 4. The summed E-state index contributed by atoms with van der Waals surface area (Å²) < 4.78 is 4.74. The fraction of sp³-hybridized carbons (Fsp3) is 0.111. The predicted molar refractivity (Wildman–Crippen MR) is 60.9 cm³/mol. The Bertz CT molecular complexity index is 620. The van der Waals surface area contributed by atoms with Gasteiger partial charge in [-0.05, 0) is 0 Å². The maximum Gasteiger partial charge on any atom is 0.277 e. The van der Waals surface area contributed by atoms with Gasteiger partial charge in [-0.25, -0.2) is 0 Å². The molecule has 0 unspecified atom stereocenters. The molecule has 0 aliphatic carbocycles. The molecule has 0 amide bonds. The van der Waals surface area contributed by atoms with Gasteiger partial charge < -0.3 is 10.3 Å². The third kappa shape index (κ3) is 2.52. The minimum atomic E-state index is -0.736. The van der Waals surface area contributed by atoms with Crippen LogP contribution in [0.5, 0.6) is 0 Å². The van der Waals surface area contributed by atoms with E-state index in [1.165, 1.54) is 0 Å².